The fourth-order valence-electron chi connectivity index (χ4n) is 2.98. The predicted molar refractivity (Wildman–Crippen MR) is 112 cm³/mol. The molecule has 0 aliphatic carbocycles. The van der Waals surface area contributed by atoms with Crippen molar-refractivity contribution < 1.29 is 13.2 Å². The van der Waals surface area contributed by atoms with Gasteiger partial charge in [0.25, 0.3) is 5.91 Å². The fourth-order valence-corrected chi connectivity index (χ4v) is 3.93. The highest BCUT2D eigenvalue weighted by atomic mass is 32.2. The van der Waals surface area contributed by atoms with E-state index in [1.807, 2.05) is 48.5 Å². The molecule has 0 saturated heterocycles. The molecule has 3 rings (SSSR count). The van der Waals surface area contributed by atoms with Crippen molar-refractivity contribution in [3.8, 4) is 11.1 Å². The van der Waals surface area contributed by atoms with Gasteiger partial charge in [-0.15, -0.1) is 0 Å². The van der Waals surface area contributed by atoms with Crippen LogP contribution in [0.1, 0.15) is 21.5 Å². The molecule has 0 spiro atoms. The Hall–Kier alpha value is -3.42. The summed E-state index contributed by atoms with van der Waals surface area (Å²) >= 11 is 0. The molecule has 28 heavy (non-hydrogen) atoms. The van der Waals surface area contributed by atoms with Gasteiger partial charge >= 0.3 is 0 Å². The topological polar surface area (TPSA) is 129 Å². The summed E-state index contributed by atoms with van der Waals surface area (Å²) in [5.74, 6) is -0.964. The average molecular weight is 393 g/mol. The summed E-state index contributed by atoms with van der Waals surface area (Å²) in [5, 5.41) is 5.40. The fraction of sp³-hybridized carbons (Fsp3) is 0. The second-order valence-electron chi connectivity index (χ2n) is 6.15. The van der Waals surface area contributed by atoms with Crippen molar-refractivity contribution in [1.82, 2.24) is 0 Å². The van der Waals surface area contributed by atoms with Gasteiger partial charge in [0.1, 0.15) is 4.90 Å². The van der Waals surface area contributed by atoms with Crippen LogP contribution in [0.5, 0.6) is 0 Å². The summed E-state index contributed by atoms with van der Waals surface area (Å²) in [7, 11) is -4.27. The Morgan fingerprint density at radius 1 is 0.893 bits per heavy atom. The molecule has 1 amide bonds. The maximum absolute atomic E-state index is 12.3. The number of sulfonamides is 1. The van der Waals surface area contributed by atoms with Crippen LogP contribution in [0, 0.1) is 0 Å². The van der Waals surface area contributed by atoms with E-state index in [4.69, 9.17) is 16.6 Å². The van der Waals surface area contributed by atoms with Crippen molar-refractivity contribution in [1.29, 1.82) is 0 Å². The summed E-state index contributed by atoms with van der Waals surface area (Å²) in [6.07, 6.45) is 3.30. The number of hydrogen-bond acceptors (Lipinski definition) is 4. The minimum atomic E-state index is -4.27. The van der Waals surface area contributed by atoms with Crippen LogP contribution < -0.4 is 16.6 Å². The molecule has 142 valence electrons. The van der Waals surface area contributed by atoms with Gasteiger partial charge < -0.3 is 11.5 Å². The van der Waals surface area contributed by atoms with Crippen LogP contribution in [0.2, 0.25) is 0 Å². The van der Waals surface area contributed by atoms with E-state index in [2.05, 4.69) is 0 Å². The molecule has 3 aromatic carbocycles. The van der Waals surface area contributed by atoms with E-state index in [0.29, 0.717) is 5.56 Å². The van der Waals surface area contributed by atoms with Gasteiger partial charge in [-0.2, -0.15) is 0 Å². The normalized spacial score (nSPS) is 11.6. The highest BCUT2D eigenvalue weighted by molar-refractivity contribution is 7.89. The zero-order valence-electron chi connectivity index (χ0n) is 14.9. The molecule has 7 heteroatoms. The van der Waals surface area contributed by atoms with Crippen LogP contribution in [0.3, 0.4) is 0 Å². The zero-order chi connectivity index (χ0) is 20.3. The molecule has 3 aromatic rings. The number of hydrogen-bond donors (Lipinski definition) is 3. The maximum atomic E-state index is 12.3. The molecule has 0 fully saturated rings. The molecule has 0 bridgehead atoms. The number of carbonyl (C=O) groups is 1. The zero-order valence-corrected chi connectivity index (χ0v) is 15.7. The Bertz CT molecular complexity index is 1160. The third-order valence-corrected chi connectivity index (χ3v) is 5.23. The highest BCUT2D eigenvalue weighted by Crippen LogP contribution is 2.36. The van der Waals surface area contributed by atoms with Gasteiger partial charge in [-0.05, 0) is 22.8 Å². The number of carbonyl (C=O) groups excluding carboxylic acids is 1. The predicted octanol–water partition coefficient (Wildman–Crippen LogP) is 2.85. The molecule has 0 saturated carbocycles. The number of anilines is 1. The van der Waals surface area contributed by atoms with Gasteiger partial charge in [-0.1, -0.05) is 72.8 Å². The van der Waals surface area contributed by atoms with E-state index in [1.54, 1.807) is 30.4 Å². The molecule has 0 heterocycles. The van der Waals surface area contributed by atoms with Crippen LogP contribution in [-0.4, -0.2) is 14.3 Å². The van der Waals surface area contributed by atoms with Crippen molar-refractivity contribution in [2.24, 2.45) is 10.9 Å². The Morgan fingerprint density at radius 3 is 2.00 bits per heavy atom. The number of rotatable bonds is 5. The Kier molecular flexibility index (Phi) is 5.30. The molecule has 6 N–H and O–H groups in total. The first-order chi connectivity index (χ1) is 13.3. The Labute approximate surface area is 163 Å². The van der Waals surface area contributed by atoms with E-state index in [0.717, 1.165) is 11.1 Å². The van der Waals surface area contributed by atoms with Gasteiger partial charge in [-0.25, -0.2) is 13.6 Å². The van der Waals surface area contributed by atoms with Crippen molar-refractivity contribution in [3.63, 3.8) is 0 Å². The summed E-state index contributed by atoms with van der Waals surface area (Å²) in [5.41, 5.74) is 13.6. The summed E-state index contributed by atoms with van der Waals surface area (Å²) in [6, 6.07) is 20.0. The lowest BCUT2D eigenvalue weighted by Gasteiger charge is -2.16. The SMILES string of the molecule is NC(=O)c1c(N)c(-c2ccccc2)cc(/C=C/c2ccccc2)c1S(N)(=O)=O. The first-order valence-electron chi connectivity index (χ1n) is 8.36. The lowest BCUT2D eigenvalue weighted by molar-refractivity contribution is 0.0998. The second kappa shape index (κ2) is 7.67. The standard InChI is InChI=1S/C21H19N3O3S/c22-19-17(15-9-5-2-6-10-15)13-16(12-11-14-7-3-1-4-8-14)20(28(24,26)27)18(19)21(23)25/h1-13H,22H2,(H2,23,25)(H2,24,26,27)/b12-11+. The molecule has 0 aromatic heterocycles. The second-order valence-corrected chi connectivity index (χ2v) is 7.65. The molecular weight excluding hydrogens is 374 g/mol. The summed E-state index contributed by atoms with van der Waals surface area (Å²) < 4.78 is 24.5. The largest absolute Gasteiger partial charge is 0.398 e. The maximum Gasteiger partial charge on any atom is 0.252 e. The van der Waals surface area contributed by atoms with E-state index in [1.165, 1.54) is 0 Å². The smallest absolute Gasteiger partial charge is 0.252 e. The molecule has 6 nitrogen and oxygen atoms in total. The quantitative estimate of drug-likeness (QED) is 0.454. The summed E-state index contributed by atoms with van der Waals surface area (Å²) in [4.78, 5) is 11.7. The van der Waals surface area contributed by atoms with E-state index in [9.17, 15) is 13.2 Å². The number of nitrogens with two attached hydrogens (primary N) is 3. The average Bonchev–Trinajstić information content (AvgIpc) is 2.67. The molecule has 0 atom stereocenters. The van der Waals surface area contributed by atoms with Gasteiger partial charge in [0, 0.05) is 5.56 Å². The Balaban J connectivity index is 2.34. The minimum Gasteiger partial charge on any atom is -0.398 e. The first-order valence-corrected chi connectivity index (χ1v) is 9.91. The third kappa shape index (κ3) is 3.95. The highest BCUT2D eigenvalue weighted by Gasteiger charge is 2.26. The number of primary sulfonamides is 1. The third-order valence-electron chi connectivity index (χ3n) is 4.22. The monoisotopic (exact) mass is 393 g/mol. The number of primary amides is 1. The van der Waals surface area contributed by atoms with Gasteiger partial charge in [-0.3, -0.25) is 4.79 Å². The first kappa shape index (κ1) is 19.3. The lowest BCUT2D eigenvalue weighted by atomic mass is 9.96. The van der Waals surface area contributed by atoms with Gasteiger partial charge in [0.15, 0.2) is 0 Å². The van der Waals surface area contributed by atoms with Gasteiger partial charge in [0.2, 0.25) is 10.0 Å². The van der Waals surface area contributed by atoms with E-state index in [-0.39, 0.29) is 21.7 Å². The minimum absolute atomic E-state index is 0.0282. The van der Waals surface area contributed by atoms with Crippen LogP contribution in [-0.2, 0) is 10.0 Å². The molecule has 0 aliphatic rings. The molecule has 0 radical (unpaired) electrons. The lowest BCUT2D eigenvalue weighted by Crippen LogP contribution is -2.23. The van der Waals surface area contributed by atoms with E-state index < -0.39 is 15.9 Å². The van der Waals surface area contributed by atoms with Gasteiger partial charge in [0.05, 0.1) is 11.3 Å². The van der Waals surface area contributed by atoms with Crippen LogP contribution >= 0.6 is 0 Å². The van der Waals surface area contributed by atoms with Crippen molar-refractivity contribution >= 4 is 33.8 Å². The number of amides is 1. The van der Waals surface area contributed by atoms with E-state index >= 15 is 0 Å². The van der Waals surface area contributed by atoms with Crippen LogP contribution in [0.4, 0.5) is 5.69 Å². The van der Waals surface area contributed by atoms with Crippen molar-refractivity contribution in [2.75, 3.05) is 5.73 Å². The number of nitrogen functional groups attached to an aromatic ring is 1. The van der Waals surface area contributed by atoms with Crippen LogP contribution in [0.15, 0.2) is 71.6 Å². The van der Waals surface area contributed by atoms with Crippen molar-refractivity contribution in [3.05, 3.63) is 83.4 Å². The molecule has 0 unspecified atom stereocenters. The Morgan fingerprint density at radius 2 is 1.46 bits per heavy atom. The van der Waals surface area contributed by atoms with Crippen LogP contribution in [0.25, 0.3) is 23.3 Å². The molecule has 0 aliphatic heterocycles. The molecular formula is C21H19N3O3S. The number of benzene rings is 3. The van der Waals surface area contributed by atoms with Crippen molar-refractivity contribution in [2.45, 2.75) is 4.90 Å². The summed E-state index contributed by atoms with van der Waals surface area (Å²) in [6.45, 7) is 0.